The number of benzene rings is 3. The molecule has 3 aromatic carbocycles. The average molecular weight is 465 g/mol. The second-order valence-electron chi connectivity index (χ2n) is 6.94. The Morgan fingerprint density at radius 3 is 2.48 bits per heavy atom. The topological polar surface area (TPSA) is 41.9 Å². The zero-order valence-electron chi connectivity index (χ0n) is 16.2. The number of nitrogens with zero attached hydrogens (tertiary/aromatic N) is 2. The molecule has 0 radical (unpaired) electrons. The number of hydrogen-bond donors (Lipinski definition) is 2. The first-order valence-electron chi connectivity index (χ1n) is 9.35. The van der Waals surface area contributed by atoms with Crippen molar-refractivity contribution in [2.45, 2.75) is 20.4 Å². The molecular formula is C23H21BrN4S. The zero-order chi connectivity index (χ0) is 20.4. The molecule has 6 heteroatoms. The van der Waals surface area contributed by atoms with Crippen molar-refractivity contribution in [3.63, 3.8) is 0 Å². The molecule has 0 bridgehead atoms. The number of anilines is 2. The number of aryl methyl sites for hydroxylation is 1. The van der Waals surface area contributed by atoms with Crippen LogP contribution in [0.3, 0.4) is 0 Å². The van der Waals surface area contributed by atoms with E-state index in [1.54, 1.807) is 0 Å². The molecule has 0 saturated heterocycles. The van der Waals surface area contributed by atoms with E-state index in [-0.39, 0.29) is 0 Å². The highest BCUT2D eigenvalue weighted by atomic mass is 79.9. The fourth-order valence-corrected chi connectivity index (χ4v) is 3.87. The predicted octanol–water partition coefficient (Wildman–Crippen LogP) is 6.27. The molecule has 1 heterocycles. The van der Waals surface area contributed by atoms with Crippen molar-refractivity contribution < 1.29 is 0 Å². The Bertz CT molecular complexity index is 1180. The van der Waals surface area contributed by atoms with Crippen LogP contribution in [0, 0.1) is 13.8 Å². The third kappa shape index (κ3) is 4.33. The quantitative estimate of drug-likeness (QED) is 0.349. The molecule has 0 fully saturated rings. The molecule has 0 aliphatic rings. The van der Waals surface area contributed by atoms with E-state index in [9.17, 15) is 0 Å². The van der Waals surface area contributed by atoms with Gasteiger partial charge in [0.1, 0.15) is 0 Å². The van der Waals surface area contributed by atoms with Gasteiger partial charge in [-0.2, -0.15) is 5.10 Å². The van der Waals surface area contributed by atoms with Gasteiger partial charge in [-0.15, -0.1) is 0 Å². The molecule has 29 heavy (non-hydrogen) atoms. The van der Waals surface area contributed by atoms with Gasteiger partial charge in [-0.05, 0) is 55.2 Å². The molecule has 0 aliphatic heterocycles. The maximum atomic E-state index is 5.59. The molecule has 0 atom stereocenters. The van der Waals surface area contributed by atoms with Crippen molar-refractivity contribution in [1.82, 2.24) is 9.78 Å². The van der Waals surface area contributed by atoms with Crippen molar-refractivity contribution in [3.05, 3.63) is 88.2 Å². The lowest BCUT2D eigenvalue weighted by Gasteiger charge is -2.13. The highest BCUT2D eigenvalue weighted by Gasteiger charge is 2.13. The fraction of sp³-hybridized carbons (Fsp3) is 0.130. The van der Waals surface area contributed by atoms with Gasteiger partial charge in [0.05, 0.1) is 23.6 Å². The van der Waals surface area contributed by atoms with Gasteiger partial charge in [0, 0.05) is 15.5 Å². The minimum Gasteiger partial charge on any atom is -0.332 e. The lowest BCUT2D eigenvalue weighted by atomic mass is 10.1. The second kappa shape index (κ2) is 8.35. The largest absolute Gasteiger partial charge is 0.332 e. The number of halogens is 1. The second-order valence-corrected chi connectivity index (χ2v) is 8.26. The number of nitrogens with one attached hydrogen (secondary N) is 2. The summed E-state index contributed by atoms with van der Waals surface area (Å²) < 4.78 is 3.07. The number of fused-ring (bicyclic) bond motifs is 1. The van der Waals surface area contributed by atoms with E-state index in [2.05, 4.69) is 63.8 Å². The highest BCUT2D eigenvalue weighted by Crippen LogP contribution is 2.25. The van der Waals surface area contributed by atoms with Crippen molar-refractivity contribution in [1.29, 1.82) is 0 Å². The van der Waals surface area contributed by atoms with Crippen LogP contribution >= 0.6 is 28.1 Å². The molecule has 1 aromatic heterocycles. The third-order valence-corrected chi connectivity index (χ3v) is 5.64. The summed E-state index contributed by atoms with van der Waals surface area (Å²) >= 11 is 9.07. The summed E-state index contributed by atoms with van der Waals surface area (Å²) in [5, 5.41) is 14.2. The molecule has 0 aliphatic carbocycles. The molecule has 0 unspecified atom stereocenters. The van der Waals surface area contributed by atoms with Crippen molar-refractivity contribution in [3.8, 4) is 0 Å². The molecule has 4 aromatic rings. The standard InChI is InChI=1S/C23H21BrN4S/c1-15-22(16(2)28(27-15)14-17-10-12-19(24)13-11-17)26-23(29)25-21-9-5-7-18-6-3-4-8-20(18)21/h3-13H,14H2,1-2H3,(H2,25,26,29). The van der Waals surface area contributed by atoms with Gasteiger partial charge < -0.3 is 10.6 Å². The first kappa shape index (κ1) is 19.6. The van der Waals surface area contributed by atoms with Crippen molar-refractivity contribution in [2.75, 3.05) is 10.6 Å². The van der Waals surface area contributed by atoms with Crippen molar-refractivity contribution >= 4 is 55.4 Å². The summed E-state index contributed by atoms with van der Waals surface area (Å²) in [6, 6.07) is 22.7. The van der Waals surface area contributed by atoms with Gasteiger partial charge in [-0.25, -0.2) is 0 Å². The molecule has 0 spiro atoms. The maximum Gasteiger partial charge on any atom is 0.175 e. The average Bonchev–Trinajstić information content (AvgIpc) is 2.97. The number of aromatic nitrogens is 2. The number of hydrogen-bond acceptors (Lipinski definition) is 2. The molecule has 0 saturated carbocycles. The van der Waals surface area contributed by atoms with E-state index < -0.39 is 0 Å². The Kier molecular flexibility index (Phi) is 5.65. The number of rotatable bonds is 4. The Morgan fingerprint density at radius 1 is 0.966 bits per heavy atom. The van der Waals surface area contributed by atoms with Gasteiger partial charge >= 0.3 is 0 Å². The Morgan fingerprint density at radius 2 is 1.69 bits per heavy atom. The summed E-state index contributed by atoms with van der Waals surface area (Å²) in [6.45, 7) is 4.76. The molecule has 0 amide bonds. The molecular weight excluding hydrogens is 444 g/mol. The minimum atomic E-state index is 0.552. The summed E-state index contributed by atoms with van der Waals surface area (Å²) in [5.74, 6) is 0. The lowest BCUT2D eigenvalue weighted by Crippen LogP contribution is -2.20. The fourth-order valence-electron chi connectivity index (χ4n) is 3.40. The minimum absolute atomic E-state index is 0.552. The Labute approximate surface area is 184 Å². The van der Waals surface area contributed by atoms with E-state index in [0.29, 0.717) is 11.7 Å². The zero-order valence-corrected chi connectivity index (χ0v) is 18.6. The van der Waals surface area contributed by atoms with Gasteiger partial charge in [-0.1, -0.05) is 64.5 Å². The molecule has 4 rings (SSSR count). The van der Waals surface area contributed by atoms with Gasteiger partial charge in [0.25, 0.3) is 0 Å². The highest BCUT2D eigenvalue weighted by molar-refractivity contribution is 9.10. The SMILES string of the molecule is Cc1nn(Cc2ccc(Br)cc2)c(C)c1NC(=S)Nc1cccc2ccccc12. The maximum absolute atomic E-state index is 5.59. The van der Waals surface area contributed by atoms with Gasteiger partial charge in [0.15, 0.2) is 5.11 Å². The van der Waals surface area contributed by atoms with Crippen LogP contribution in [0.1, 0.15) is 17.0 Å². The summed E-state index contributed by atoms with van der Waals surface area (Å²) in [6.07, 6.45) is 0. The predicted molar refractivity (Wildman–Crippen MR) is 129 cm³/mol. The van der Waals surface area contributed by atoms with Crippen LogP contribution in [0.25, 0.3) is 10.8 Å². The smallest absolute Gasteiger partial charge is 0.175 e. The molecule has 146 valence electrons. The number of thiocarbonyl (C=S) groups is 1. The van der Waals surface area contributed by atoms with Crippen LogP contribution in [0.15, 0.2) is 71.2 Å². The van der Waals surface area contributed by atoms with E-state index in [1.807, 2.05) is 48.0 Å². The van der Waals surface area contributed by atoms with E-state index in [1.165, 1.54) is 10.9 Å². The van der Waals surface area contributed by atoms with Crippen LogP contribution < -0.4 is 10.6 Å². The monoisotopic (exact) mass is 464 g/mol. The van der Waals surface area contributed by atoms with Crippen LogP contribution in [-0.4, -0.2) is 14.9 Å². The van der Waals surface area contributed by atoms with Crippen LogP contribution in [-0.2, 0) is 6.54 Å². The van der Waals surface area contributed by atoms with Crippen LogP contribution in [0.5, 0.6) is 0 Å². The lowest BCUT2D eigenvalue weighted by molar-refractivity contribution is 0.659. The molecule has 4 nitrogen and oxygen atoms in total. The summed E-state index contributed by atoms with van der Waals surface area (Å²) in [5.41, 5.74) is 5.09. The Balaban J connectivity index is 1.52. The van der Waals surface area contributed by atoms with Crippen LogP contribution in [0.4, 0.5) is 11.4 Å². The first-order chi connectivity index (χ1) is 14.0. The van der Waals surface area contributed by atoms with Gasteiger partial charge in [-0.3, -0.25) is 4.68 Å². The van der Waals surface area contributed by atoms with Gasteiger partial charge in [0.2, 0.25) is 0 Å². The summed E-state index contributed by atoms with van der Waals surface area (Å²) in [7, 11) is 0. The van der Waals surface area contributed by atoms with E-state index >= 15 is 0 Å². The Hall–Kier alpha value is -2.70. The summed E-state index contributed by atoms with van der Waals surface area (Å²) in [4.78, 5) is 0. The third-order valence-electron chi connectivity index (χ3n) is 4.90. The van der Waals surface area contributed by atoms with Crippen molar-refractivity contribution in [2.24, 2.45) is 0 Å². The van der Waals surface area contributed by atoms with E-state index in [4.69, 9.17) is 17.3 Å². The normalized spacial score (nSPS) is 10.9. The molecule has 2 N–H and O–H groups in total. The van der Waals surface area contributed by atoms with E-state index in [0.717, 1.165) is 32.6 Å². The van der Waals surface area contributed by atoms with Crippen LogP contribution in [0.2, 0.25) is 0 Å². The first-order valence-corrected chi connectivity index (χ1v) is 10.6.